The fourth-order valence-corrected chi connectivity index (χ4v) is 3.09. The molecule has 0 aliphatic carbocycles. The highest BCUT2D eigenvalue weighted by Gasteiger charge is 2.33. The van der Waals surface area contributed by atoms with Gasteiger partial charge in [-0.1, -0.05) is 12.1 Å². The molecular formula is C19H26N2O5. The number of fused-ring (bicyclic) bond motifs is 1. The number of nitrogens with one attached hydrogen (secondary N) is 1. The number of para-hydroxylation sites is 2. The predicted molar refractivity (Wildman–Crippen MR) is 95.3 cm³/mol. The predicted octanol–water partition coefficient (Wildman–Crippen LogP) is 2.34. The van der Waals surface area contributed by atoms with Gasteiger partial charge in [0.15, 0.2) is 11.5 Å². The minimum absolute atomic E-state index is 0.0643. The molecule has 0 bridgehead atoms. The van der Waals surface area contributed by atoms with Crippen molar-refractivity contribution in [1.82, 2.24) is 10.2 Å². The first-order chi connectivity index (χ1) is 12.3. The van der Waals surface area contributed by atoms with Crippen LogP contribution >= 0.6 is 0 Å². The molecule has 2 atom stereocenters. The molecule has 26 heavy (non-hydrogen) atoms. The molecule has 142 valence electrons. The summed E-state index contributed by atoms with van der Waals surface area (Å²) in [6, 6.07) is 7.20. The number of nitrogens with zero attached hydrogens (tertiary/aromatic N) is 1. The van der Waals surface area contributed by atoms with Crippen LogP contribution in [0.2, 0.25) is 0 Å². The summed E-state index contributed by atoms with van der Waals surface area (Å²) in [7, 11) is 0. The summed E-state index contributed by atoms with van der Waals surface area (Å²) in [6.45, 7) is 6.72. The molecule has 7 nitrogen and oxygen atoms in total. The first-order valence-electron chi connectivity index (χ1n) is 8.99. The zero-order chi connectivity index (χ0) is 18.7. The van der Waals surface area contributed by atoms with E-state index in [1.807, 2.05) is 32.9 Å². The average Bonchev–Trinajstić information content (AvgIpc) is 3.06. The summed E-state index contributed by atoms with van der Waals surface area (Å²) in [5, 5.41) is 2.88. The lowest BCUT2D eigenvalue weighted by atomic mass is 10.2. The third kappa shape index (κ3) is 4.39. The second kappa shape index (κ2) is 7.43. The van der Waals surface area contributed by atoms with Crippen molar-refractivity contribution in [1.29, 1.82) is 0 Å². The van der Waals surface area contributed by atoms with Crippen molar-refractivity contribution in [3.05, 3.63) is 24.3 Å². The van der Waals surface area contributed by atoms with Gasteiger partial charge in [-0.3, -0.25) is 4.79 Å². The average molecular weight is 362 g/mol. The fourth-order valence-electron chi connectivity index (χ4n) is 3.09. The molecule has 1 N–H and O–H groups in total. The lowest BCUT2D eigenvalue weighted by Crippen LogP contribution is -2.49. The molecule has 0 unspecified atom stereocenters. The van der Waals surface area contributed by atoms with Crippen molar-refractivity contribution in [2.45, 2.75) is 51.4 Å². The summed E-state index contributed by atoms with van der Waals surface area (Å²) in [5.74, 6) is 0.967. The number of hydrogen-bond acceptors (Lipinski definition) is 5. The van der Waals surface area contributed by atoms with Crippen molar-refractivity contribution < 1.29 is 23.8 Å². The van der Waals surface area contributed by atoms with E-state index in [2.05, 4.69) is 5.32 Å². The van der Waals surface area contributed by atoms with Crippen LogP contribution in [0.5, 0.6) is 11.5 Å². The number of rotatable bonds is 3. The van der Waals surface area contributed by atoms with Crippen molar-refractivity contribution in [2.24, 2.45) is 0 Å². The van der Waals surface area contributed by atoms with Gasteiger partial charge < -0.3 is 24.4 Å². The molecule has 7 heteroatoms. The van der Waals surface area contributed by atoms with Crippen LogP contribution in [0.4, 0.5) is 4.79 Å². The van der Waals surface area contributed by atoms with Gasteiger partial charge in [-0.05, 0) is 45.7 Å². The second-order valence-electron chi connectivity index (χ2n) is 7.58. The smallest absolute Gasteiger partial charge is 0.410 e. The number of amides is 2. The summed E-state index contributed by atoms with van der Waals surface area (Å²) in [6.07, 6.45) is 0.710. The minimum Gasteiger partial charge on any atom is -0.485 e. The third-order valence-corrected chi connectivity index (χ3v) is 4.32. The summed E-state index contributed by atoms with van der Waals surface area (Å²) in [4.78, 5) is 26.4. The molecule has 2 heterocycles. The molecule has 0 saturated carbocycles. The van der Waals surface area contributed by atoms with E-state index in [1.165, 1.54) is 0 Å². The second-order valence-corrected chi connectivity index (χ2v) is 7.58. The van der Waals surface area contributed by atoms with Crippen molar-refractivity contribution >= 4 is 12.0 Å². The van der Waals surface area contributed by atoms with E-state index in [1.54, 1.807) is 17.0 Å². The molecular weight excluding hydrogens is 336 g/mol. The zero-order valence-electron chi connectivity index (χ0n) is 15.5. The van der Waals surface area contributed by atoms with Crippen LogP contribution in [0, 0.1) is 0 Å². The monoisotopic (exact) mass is 362 g/mol. The molecule has 2 amide bonds. The summed E-state index contributed by atoms with van der Waals surface area (Å²) >= 11 is 0. The standard InChI is InChI=1S/C19H26N2O5/c1-19(2,3)26-18(23)21-10-6-7-13(21)11-20-17(22)16-12-24-14-8-4-5-9-15(14)25-16/h4-5,8-9,13,16H,6-7,10-12H2,1-3H3,(H,20,22)/t13-,16-/m0/s1. The van der Waals surface area contributed by atoms with Gasteiger partial charge >= 0.3 is 6.09 Å². The van der Waals surface area contributed by atoms with Gasteiger partial charge in [-0.25, -0.2) is 4.79 Å². The maximum absolute atomic E-state index is 12.4. The SMILES string of the molecule is CC(C)(C)OC(=O)N1CCC[C@H]1CNC(=O)[C@@H]1COc2ccccc2O1. The van der Waals surface area contributed by atoms with Gasteiger partial charge in [0.2, 0.25) is 6.10 Å². The molecule has 0 spiro atoms. The van der Waals surface area contributed by atoms with E-state index < -0.39 is 11.7 Å². The maximum Gasteiger partial charge on any atom is 0.410 e. The third-order valence-electron chi connectivity index (χ3n) is 4.32. The Morgan fingerprint density at radius 1 is 1.27 bits per heavy atom. The van der Waals surface area contributed by atoms with Gasteiger partial charge in [0.25, 0.3) is 5.91 Å². The number of ether oxygens (including phenoxy) is 3. The minimum atomic E-state index is -0.693. The van der Waals surface area contributed by atoms with Crippen LogP contribution < -0.4 is 14.8 Å². The van der Waals surface area contributed by atoms with Crippen LogP contribution in [-0.4, -0.2) is 54.3 Å². The van der Waals surface area contributed by atoms with Gasteiger partial charge in [-0.15, -0.1) is 0 Å². The Morgan fingerprint density at radius 3 is 2.73 bits per heavy atom. The van der Waals surface area contributed by atoms with Crippen LogP contribution in [0.15, 0.2) is 24.3 Å². The van der Waals surface area contributed by atoms with Crippen LogP contribution in [-0.2, 0) is 9.53 Å². The molecule has 3 rings (SSSR count). The number of carbonyl (C=O) groups excluding carboxylic acids is 2. The Labute approximate surface area is 153 Å². The number of carbonyl (C=O) groups is 2. The fraction of sp³-hybridized carbons (Fsp3) is 0.579. The Kier molecular flexibility index (Phi) is 5.25. The lowest BCUT2D eigenvalue weighted by molar-refractivity contribution is -0.130. The van der Waals surface area contributed by atoms with Crippen LogP contribution in [0.3, 0.4) is 0 Å². The topological polar surface area (TPSA) is 77.1 Å². The highest BCUT2D eigenvalue weighted by molar-refractivity contribution is 5.82. The molecule has 2 aliphatic heterocycles. The van der Waals surface area contributed by atoms with Gasteiger partial charge in [0, 0.05) is 13.1 Å². The molecule has 0 radical (unpaired) electrons. The molecule has 2 aliphatic rings. The highest BCUT2D eigenvalue weighted by atomic mass is 16.6. The number of benzene rings is 1. The number of hydrogen-bond donors (Lipinski definition) is 1. The first-order valence-corrected chi connectivity index (χ1v) is 8.99. The van der Waals surface area contributed by atoms with Crippen molar-refractivity contribution in [3.8, 4) is 11.5 Å². The molecule has 1 fully saturated rings. The Balaban J connectivity index is 1.52. The molecule has 1 saturated heterocycles. The molecule has 1 aromatic carbocycles. The molecule has 1 aromatic rings. The lowest BCUT2D eigenvalue weighted by Gasteiger charge is -2.29. The van der Waals surface area contributed by atoms with E-state index >= 15 is 0 Å². The van der Waals surface area contributed by atoms with Gasteiger partial charge in [-0.2, -0.15) is 0 Å². The van der Waals surface area contributed by atoms with E-state index in [9.17, 15) is 9.59 Å². The Hall–Kier alpha value is -2.44. The van der Waals surface area contributed by atoms with E-state index in [0.29, 0.717) is 24.6 Å². The summed E-state index contributed by atoms with van der Waals surface area (Å²) < 4.78 is 16.7. The van der Waals surface area contributed by atoms with Crippen LogP contribution in [0.25, 0.3) is 0 Å². The zero-order valence-corrected chi connectivity index (χ0v) is 15.5. The quantitative estimate of drug-likeness (QED) is 0.893. The van der Waals surface area contributed by atoms with E-state index in [4.69, 9.17) is 14.2 Å². The number of likely N-dealkylation sites (tertiary alicyclic amines) is 1. The maximum atomic E-state index is 12.4. The Bertz CT molecular complexity index is 670. The normalized spacial score (nSPS) is 22.0. The Morgan fingerprint density at radius 2 is 2.00 bits per heavy atom. The van der Waals surface area contributed by atoms with Crippen molar-refractivity contribution in [3.63, 3.8) is 0 Å². The van der Waals surface area contributed by atoms with Crippen molar-refractivity contribution in [2.75, 3.05) is 19.7 Å². The summed E-state index contributed by atoms with van der Waals surface area (Å²) in [5.41, 5.74) is -0.534. The van der Waals surface area contributed by atoms with Gasteiger partial charge in [0.05, 0.1) is 6.04 Å². The van der Waals surface area contributed by atoms with E-state index in [0.717, 1.165) is 12.8 Å². The van der Waals surface area contributed by atoms with Gasteiger partial charge in [0.1, 0.15) is 12.2 Å². The molecule has 0 aromatic heterocycles. The largest absolute Gasteiger partial charge is 0.485 e. The highest BCUT2D eigenvalue weighted by Crippen LogP contribution is 2.30. The first kappa shape index (κ1) is 18.4. The van der Waals surface area contributed by atoms with Crippen LogP contribution in [0.1, 0.15) is 33.6 Å². The van der Waals surface area contributed by atoms with E-state index in [-0.39, 0.29) is 24.6 Å².